The molecule has 0 spiro atoms. The Hall–Kier alpha value is -5.23. The number of pyridine rings is 2. The van der Waals surface area contributed by atoms with Gasteiger partial charge in [0.2, 0.25) is 0 Å². The number of fused-ring (bicyclic) bond motifs is 2. The van der Waals surface area contributed by atoms with Gasteiger partial charge >= 0.3 is 155 Å². The molecule has 13 heteroatoms. The molecule has 0 atom stereocenters. The molecule has 0 bridgehead atoms. The second kappa shape index (κ2) is 40.3. The number of benzene rings is 8. The molecule has 2 heterocycles. The molecular formula is C72H79BrCl2N2O4P2PdSn. The number of aromatic nitrogens is 2. The normalized spacial score (nSPS) is 10.6. The van der Waals surface area contributed by atoms with Crippen LogP contribution in [0.3, 0.4) is 0 Å². The number of unbranched alkanes of at least 4 members (excludes halogenated alkanes) is 3. The van der Waals surface area contributed by atoms with Crippen LogP contribution in [0, 0.1) is 0 Å². The van der Waals surface area contributed by atoms with Crippen LogP contribution in [0.2, 0.25) is 13.3 Å². The van der Waals surface area contributed by atoms with Crippen LogP contribution in [0.4, 0.5) is 0 Å². The third-order valence-corrected chi connectivity index (χ3v) is 34.1. The number of hydrogen-bond donors (Lipinski definition) is 2. The number of carbonyl (C=O) groups excluding carboxylic acids is 1. The number of ether oxygens (including phenoxy) is 1. The molecule has 0 unspecified atom stereocenters. The monoisotopic (exact) mass is 1470 g/mol. The molecule has 10 aromatic rings. The number of phenolic OH excluding ortho intramolecular Hbond substituents is 2. The summed E-state index contributed by atoms with van der Waals surface area (Å²) < 4.78 is 12.3. The van der Waals surface area contributed by atoms with Gasteiger partial charge < -0.3 is 10.2 Å². The van der Waals surface area contributed by atoms with Crippen molar-refractivity contribution in [3.63, 3.8) is 0 Å². The second-order valence-electron chi connectivity index (χ2n) is 19.9. The molecule has 85 heavy (non-hydrogen) atoms. The number of Topliss-reactive ketones (excluding diaryl/α,β-unsaturated/α-hetero) is 1. The number of halogens is 3. The van der Waals surface area contributed by atoms with Gasteiger partial charge in [-0.2, -0.15) is 0 Å². The molecule has 446 valence electrons. The average molecular weight is 1470 g/mol. The predicted octanol–water partition coefficient (Wildman–Crippen LogP) is 19.0. The number of nitrogens with zero attached hydrogens (tertiary/aromatic N) is 2. The van der Waals surface area contributed by atoms with Crippen LogP contribution in [0.5, 0.6) is 11.5 Å². The molecule has 0 aliphatic carbocycles. The van der Waals surface area contributed by atoms with Gasteiger partial charge in [0.15, 0.2) is 5.78 Å². The van der Waals surface area contributed by atoms with Crippen molar-refractivity contribution in [1.29, 1.82) is 0 Å². The molecule has 0 saturated carbocycles. The topological polar surface area (TPSA) is 92.5 Å². The van der Waals surface area contributed by atoms with Crippen LogP contribution in [-0.2, 0) is 20.7 Å². The van der Waals surface area contributed by atoms with Crippen molar-refractivity contribution in [1.82, 2.24) is 9.97 Å². The van der Waals surface area contributed by atoms with Crippen molar-refractivity contribution in [2.45, 2.75) is 86.5 Å². The van der Waals surface area contributed by atoms with Crippen molar-refractivity contribution in [2.24, 2.45) is 0 Å². The number of rotatable bonds is 19. The molecule has 0 radical (unpaired) electrons. The molecule has 0 aliphatic rings. The zero-order chi connectivity index (χ0) is 61.1. The first kappa shape index (κ1) is 70.5. The summed E-state index contributed by atoms with van der Waals surface area (Å²) in [4.78, 5) is 19.1. The number of hydrogen-bond acceptors (Lipinski definition) is 6. The second-order valence-corrected chi connectivity index (χ2v) is 40.7. The molecule has 6 nitrogen and oxygen atoms in total. The van der Waals surface area contributed by atoms with Gasteiger partial charge in [-0.3, -0.25) is 9.78 Å². The van der Waals surface area contributed by atoms with Gasteiger partial charge in [-0.15, -0.1) is 0 Å². The molecule has 0 fully saturated rings. The van der Waals surface area contributed by atoms with E-state index in [9.17, 15) is 15.0 Å². The fraction of sp³-hybridized carbons (Fsp3) is 0.208. The Morgan fingerprint density at radius 3 is 1.09 bits per heavy atom. The molecule has 0 saturated heterocycles. The van der Waals surface area contributed by atoms with Gasteiger partial charge in [0.1, 0.15) is 21.8 Å². The zero-order valence-corrected chi connectivity index (χ0v) is 58.6. The Labute approximate surface area is 537 Å². The van der Waals surface area contributed by atoms with Crippen molar-refractivity contribution < 1.29 is 35.7 Å². The summed E-state index contributed by atoms with van der Waals surface area (Å²) in [6.07, 6.45) is 11.5. The third-order valence-electron chi connectivity index (χ3n) is 13.8. The number of ketones is 1. The summed E-state index contributed by atoms with van der Waals surface area (Å²) >= 11 is 0.916. The van der Waals surface area contributed by atoms with E-state index in [2.05, 4.69) is 242 Å². The Morgan fingerprint density at radius 1 is 0.494 bits per heavy atom. The molecule has 2 N–H and O–H groups in total. The quantitative estimate of drug-likeness (QED) is 0.0276. The Morgan fingerprint density at radius 2 is 0.800 bits per heavy atom. The summed E-state index contributed by atoms with van der Waals surface area (Å²) in [6.45, 7) is 15.6. The largest absolute Gasteiger partial charge is 0.0622 e. The first-order valence-corrected chi connectivity index (χ1v) is 43.8. The van der Waals surface area contributed by atoms with Crippen LogP contribution in [0.25, 0.3) is 21.5 Å². The van der Waals surface area contributed by atoms with E-state index >= 15 is 0 Å². The van der Waals surface area contributed by atoms with Crippen LogP contribution in [0.15, 0.2) is 258 Å². The van der Waals surface area contributed by atoms with E-state index in [4.69, 9.17) is 23.8 Å². The molecule has 0 aliphatic heterocycles. The average Bonchev–Trinajstić information content (AvgIpc) is 3.55. The number of aromatic hydroxyl groups is 2. The predicted molar refractivity (Wildman–Crippen MR) is 372 cm³/mol. The van der Waals surface area contributed by atoms with Crippen molar-refractivity contribution in [2.75, 3.05) is 6.61 Å². The fourth-order valence-electron chi connectivity index (χ4n) is 9.45. The maximum absolute atomic E-state index is 11.0. The minimum absolute atomic E-state index is 0.0738. The van der Waals surface area contributed by atoms with E-state index < -0.39 is 34.2 Å². The standard InChI is InChI=1S/2C18H15P.C11H9NO2.C9H6BrNO.C4H7O.3C4H9.2ClH.Pd.Sn/c2*1-4-10-16(11-5-1)19(17-12-6-2-7-13-17)18-14-8-3-9-15-18;1-7(13)11-5-9-4-10(14)3-2-8(9)6-12-11;10-9-4-7-3-8(12)2-1-6(7)5-11-9;1-3-5-4-2;3*1-3-4-2;;;;/h2*1-15H;2-6,14H,1H3;1-5,12H;1,4H2,2H3;3*1,3-4H2,2H3;2*1H;;/q;;;;;;;;;;+2;/p-2. The van der Waals surface area contributed by atoms with Gasteiger partial charge in [0.05, 0.1) is 0 Å². The maximum Gasteiger partial charge on any atom is -0.0134 e. The molecule has 10 rings (SSSR count). The van der Waals surface area contributed by atoms with Gasteiger partial charge in [0, 0.05) is 30.1 Å². The minimum atomic E-state index is -2.24. The first-order valence-electron chi connectivity index (χ1n) is 28.8. The summed E-state index contributed by atoms with van der Waals surface area (Å²) in [7, 11) is 8.74. The summed E-state index contributed by atoms with van der Waals surface area (Å²) in [5, 5.41) is 30.6. The van der Waals surface area contributed by atoms with E-state index in [0.717, 1.165) is 32.8 Å². The number of phenols is 2. The molecule has 2 aromatic heterocycles. The van der Waals surface area contributed by atoms with Gasteiger partial charge in [-0.1, -0.05) is 182 Å². The van der Waals surface area contributed by atoms with Crippen LogP contribution in [-0.4, -0.2) is 50.9 Å². The van der Waals surface area contributed by atoms with Gasteiger partial charge in [-0.05, 0) is 123 Å². The third kappa shape index (κ3) is 24.1. The Kier molecular flexibility index (Phi) is 33.4. The van der Waals surface area contributed by atoms with E-state index in [-0.39, 0.29) is 33.2 Å². The van der Waals surface area contributed by atoms with Crippen molar-refractivity contribution in [3.8, 4) is 11.5 Å². The summed E-state index contributed by atoms with van der Waals surface area (Å²) in [6, 6.07) is 78.4. The van der Waals surface area contributed by atoms with E-state index in [1.165, 1.54) is 94.4 Å². The van der Waals surface area contributed by atoms with Crippen molar-refractivity contribution in [3.05, 3.63) is 264 Å². The fourth-order valence-corrected chi connectivity index (χ4v) is 29.0. The molecule has 0 amide bonds. The summed E-state index contributed by atoms with van der Waals surface area (Å²) in [5.41, 5.74) is 0.420. The molecule has 8 aromatic carbocycles. The smallest absolute Gasteiger partial charge is 0.0134 e. The van der Waals surface area contributed by atoms with Crippen LogP contribution < -0.4 is 31.8 Å². The number of carbonyl (C=O) groups is 1. The van der Waals surface area contributed by atoms with Gasteiger partial charge in [-0.25, -0.2) is 4.98 Å². The summed E-state index contributed by atoms with van der Waals surface area (Å²) in [5.74, 6) is 0.397. The Balaban J connectivity index is 0.000000193. The van der Waals surface area contributed by atoms with E-state index in [1.807, 2.05) is 12.1 Å². The van der Waals surface area contributed by atoms with E-state index in [0.29, 0.717) is 5.69 Å². The first-order chi connectivity index (χ1) is 41.4. The van der Waals surface area contributed by atoms with Crippen LogP contribution >= 0.6 is 50.8 Å². The molecular weight excluding hydrogens is 1390 g/mol. The van der Waals surface area contributed by atoms with Crippen molar-refractivity contribution >= 4 is 128 Å². The minimum Gasteiger partial charge on any atom is -0.0622 e. The maximum atomic E-state index is 11.0. The van der Waals surface area contributed by atoms with Gasteiger partial charge in [0.25, 0.3) is 0 Å². The SMILES string of the molecule is C=[C](OCC)[Sn]([CH2]CCC)([CH2]CCC)[CH2]CCC.CC(=O)c1cc2cc(O)ccc2cn1.Oc1ccc2cnc(Br)cc2c1.[Cl][Pd][Cl].c1ccc(P(c2ccccc2)c2ccccc2)cc1.c1ccc(P(c2ccccc2)c2ccccc2)cc1. The Bertz CT molecular complexity index is 3110. The zero-order valence-electron chi connectivity index (χ0n) is 49.3. The van der Waals surface area contributed by atoms with Crippen LogP contribution in [0.1, 0.15) is 83.6 Å². The van der Waals surface area contributed by atoms with E-state index in [1.54, 1.807) is 48.8 Å².